The van der Waals surface area contributed by atoms with Crippen molar-refractivity contribution in [1.82, 2.24) is 15.8 Å². The highest BCUT2D eigenvalue weighted by atomic mass is 16.5. The first-order valence-corrected chi connectivity index (χ1v) is 11.9. The van der Waals surface area contributed by atoms with E-state index < -0.39 is 17.2 Å². The largest absolute Gasteiger partial charge is 0.489 e. The van der Waals surface area contributed by atoms with Crippen molar-refractivity contribution in [2.75, 3.05) is 0 Å². The Morgan fingerprint density at radius 3 is 2.61 bits per heavy atom. The normalized spacial score (nSPS) is 18.4. The number of aryl methyl sites for hydroxylation is 1. The Morgan fingerprint density at radius 1 is 1.03 bits per heavy atom. The van der Waals surface area contributed by atoms with Gasteiger partial charge in [-0.15, -0.1) is 0 Å². The number of hydrogen-bond donors (Lipinski definition) is 3. The van der Waals surface area contributed by atoms with E-state index in [4.69, 9.17) is 4.74 Å². The lowest BCUT2D eigenvalue weighted by atomic mass is 9.91. The van der Waals surface area contributed by atoms with Crippen LogP contribution in [0.25, 0.3) is 10.9 Å². The highest BCUT2D eigenvalue weighted by Gasteiger charge is 2.64. The summed E-state index contributed by atoms with van der Waals surface area (Å²) in [5.41, 5.74) is 5.11. The van der Waals surface area contributed by atoms with E-state index in [1.165, 1.54) is 0 Å². The molecule has 0 aliphatic heterocycles. The van der Waals surface area contributed by atoms with Crippen LogP contribution in [0.2, 0.25) is 0 Å². The molecule has 4 aromatic rings. The second-order valence-corrected chi connectivity index (χ2v) is 9.13. The van der Waals surface area contributed by atoms with Gasteiger partial charge in [0, 0.05) is 23.2 Å². The molecule has 36 heavy (non-hydrogen) atoms. The van der Waals surface area contributed by atoms with Gasteiger partial charge in [0.25, 0.3) is 0 Å². The number of carbonyl (C=O) groups is 2. The molecular formula is C29H27N3O4. The summed E-state index contributed by atoms with van der Waals surface area (Å²) >= 11 is 0. The zero-order chi connectivity index (χ0) is 25.1. The van der Waals surface area contributed by atoms with Crippen LogP contribution in [0, 0.1) is 12.8 Å². The van der Waals surface area contributed by atoms with Gasteiger partial charge < -0.3 is 10.1 Å². The van der Waals surface area contributed by atoms with E-state index in [2.05, 4.69) is 10.3 Å². The molecule has 0 saturated heterocycles. The lowest BCUT2D eigenvalue weighted by Crippen LogP contribution is -2.38. The highest BCUT2D eigenvalue weighted by Crippen LogP contribution is 2.55. The molecule has 1 saturated carbocycles. The third-order valence-electron chi connectivity index (χ3n) is 6.76. The molecule has 7 heteroatoms. The van der Waals surface area contributed by atoms with Crippen LogP contribution in [-0.4, -0.2) is 22.0 Å². The number of rotatable bonds is 8. The standard InChI is InChI=1S/C29H27N3O4/c1-19-14-21(24-12-5-6-13-26(24)31-19)18-36-23-11-7-10-22(15-23)29(16-25(29)27(33)32-35)28(34)30-17-20-8-3-2-4-9-20/h2-15,25,35H,16-18H2,1H3,(H,30,34)(H,32,33)/t25-,29-/m0/s1. The minimum absolute atomic E-state index is 0.257. The molecule has 7 nitrogen and oxygen atoms in total. The predicted octanol–water partition coefficient (Wildman–Crippen LogP) is 4.20. The molecule has 2 atom stereocenters. The van der Waals surface area contributed by atoms with Crippen molar-refractivity contribution in [2.24, 2.45) is 5.92 Å². The predicted molar refractivity (Wildman–Crippen MR) is 135 cm³/mol. The van der Waals surface area contributed by atoms with Crippen LogP contribution < -0.4 is 15.5 Å². The number of pyridine rings is 1. The van der Waals surface area contributed by atoms with Gasteiger partial charge in [-0.05, 0) is 48.7 Å². The van der Waals surface area contributed by atoms with E-state index in [1.54, 1.807) is 5.48 Å². The average Bonchev–Trinajstić information content (AvgIpc) is 3.68. The summed E-state index contributed by atoms with van der Waals surface area (Å²) in [6.07, 6.45) is 0.303. The van der Waals surface area contributed by atoms with Crippen LogP contribution in [0.5, 0.6) is 5.75 Å². The van der Waals surface area contributed by atoms with E-state index >= 15 is 0 Å². The number of hydroxylamine groups is 1. The quantitative estimate of drug-likeness (QED) is 0.259. The zero-order valence-corrected chi connectivity index (χ0v) is 19.9. The van der Waals surface area contributed by atoms with Gasteiger partial charge in [0.05, 0.1) is 16.8 Å². The summed E-state index contributed by atoms with van der Waals surface area (Å²) in [5.74, 6) is -0.903. The Morgan fingerprint density at radius 2 is 1.81 bits per heavy atom. The number of amides is 2. The van der Waals surface area contributed by atoms with E-state index in [0.29, 0.717) is 30.9 Å². The van der Waals surface area contributed by atoms with Crippen LogP contribution >= 0.6 is 0 Å². The van der Waals surface area contributed by atoms with Gasteiger partial charge in [0.1, 0.15) is 12.4 Å². The maximum absolute atomic E-state index is 13.4. The van der Waals surface area contributed by atoms with E-state index in [1.807, 2.05) is 91.9 Å². The van der Waals surface area contributed by atoms with Crippen LogP contribution in [0.3, 0.4) is 0 Å². The van der Waals surface area contributed by atoms with Crippen molar-refractivity contribution in [3.63, 3.8) is 0 Å². The number of benzene rings is 3. The Bertz CT molecular complexity index is 1420. The number of fused-ring (bicyclic) bond motifs is 1. The van der Waals surface area contributed by atoms with E-state index in [9.17, 15) is 14.8 Å². The molecule has 5 rings (SSSR count). The molecule has 1 aromatic heterocycles. The first-order valence-electron chi connectivity index (χ1n) is 11.9. The molecule has 1 aliphatic carbocycles. The molecule has 1 aliphatic rings. The van der Waals surface area contributed by atoms with Gasteiger partial charge in [-0.1, -0.05) is 60.7 Å². The monoisotopic (exact) mass is 481 g/mol. The van der Waals surface area contributed by atoms with Gasteiger partial charge in [-0.25, -0.2) is 5.48 Å². The number of carbonyl (C=O) groups excluding carboxylic acids is 2. The lowest BCUT2D eigenvalue weighted by Gasteiger charge is -2.19. The number of nitrogens with zero attached hydrogens (tertiary/aromatic N) is 1. The maximum atomic E-state index is 13.4. The van der Waals surface area contributed by atoms with Gasteiger partial charge in [-0.3, -0.25) is 19.8 Å². The van der Waals surface area contributed by atoms with Crippen LogP contribution in [0.15, 0.2) is 84.9 Å². The fraction of sp³-hybridized carbons (Fsp3) is 0.207. The van der Waals surface area contributed by atoms with Gasteiger partial charge in [0.2, 0.25) is 11.8 Å². The fourth-order valence-electron chi connectivity index (χ4n) is 4.83. The third-order valence-corrected chi connectivity index (χ3v) is 6.76. The topological polar surface area (TPSA) is 101 Å². The van der Waals surface area contributed by atoms with Crippen molar-refractivity contribution in [2.45, 2.75) is 31.9 Å². The van der Waals surface area contributed by atoms with Gasteiger partial charge >= 0.3 is 0 Å². The Labute approximate surface area is 209 Å². The zero-order valence-electron chi connectivity index (χ0n) is 19.9. The summed E-state index contributed by atoms with van der Waals surface area (Å²) in [4.78, 5) is 30.3. The highest BCUT2D eigenvalue weighted by molar-refractivity contribution is 6.00. The Hall–Kier alpha value is -4.23. The number of hydrogen-bond acceptors (Lipinski definition) is 5. The summed E-state index contributed by atoms with van der Waals surface area (Å²) in [6, 6.07) is 26.8. The molecule has 2 amide bonds. The summed E-state index contributed by atoms with van der Waals surface area (Å²) < 4.78 is 6.14. The number of aromatic nitrogens is 1. The second kappa shape index (κ2) is 9.79. The molecule has 1 heterocycles. The fourth-order valence-corrected chi connectivity index (χ4v) is 4.83. The first-order chi connectivity index (χ1) is 17.5. The minimum Gasteiger partial charge on any atom is -0.489 e. The molecule has 1 fully saturated rings. The van der Waals surface area contributed by atoms with E-state index in [-0.39, 0.29) is 5.91 Å². The van der Waals surface area contributed by atoms with Crippen molar-refractivity contribution in [1.29, 1.82) is 0 Å². The summed E-state index contributed by atoms with van der Waals surface area (Å²) in [7, 11) is 0. The molecule has 3 aromatic carbocycles. The number of ether oxygens (including phenoxy) is 1. The number of nitrogens with one attached hydrogen (secondary N) is 2. The molecule has 0 unspecified atom stereocenters. The second-order valence-electron chi connectivity index (χ2n) is 9.13. The number of para-hydroxylation sites is 1. The smallest absolute Gasteiger partial charge is 0.247 e. The van der Waals surface area contributed by atoms with Crippen LogP contribution in [-0.2, 0) is 28.2 Å². The van der Waals surface area contributed by atoms with Crippen molar-refractivity contribution < 1.29 is 19.5 Å². The summed E-state index contributed by atoms with van der Waals surface area (Å²) in [5, 5.41) is 13.2. The Kier molecular flexibility index (Phi) is 6.40. The Balaban J connectivity index is 1.38. The van der Waals surface area contributed by atoms with Crippen LogP contribution in [0.4, 0.5) is 0 Å². The SMILES string of the molecule is Cc1cc(COc2cccc([C@@]3(C(=O)NCc4ccccc4)C[C@H]3C(=O)NO)c2)c2ccccc2n1. The van der Waals surface area contributed by atoms with Crippen molar-refractivity contribution in [3.8, 4) is 5.75 Å². The van der Waals surface area contributed by atoms with E-state index in [0.717, 1.165) is 27.7 Å². The maximum Gasteiger partial charge on any atom is 0.247 e. The third kappa shape index (κ3) is 4.53. The molecule has 182 valence electrons. The molecule has 0 spiro atoms. The molecular weight excluding hydrogens is 454 g/mol. The van der Waals surface area contributed by atoms with Crippen LogP contribution in [0.1, 0.15) is 28.8 Å². The summed E-state index contributed by atoms with van der Waals surface area (Å²) in [6.45, 7) is 2.63. The average molecular weight is 482 g/mol. The van der Waals surface area contributed by atoms with Gasteiger partial charge in [-0.2, -0.15) is 0 Å². The molecule has 0 bridgehead atoms. The molecule has 0 radical (unpaired) electrons. The van der Waals surface area contributed by atoms with Crippen molar-refractivity contribution >= 4 is 22.7 Å². The van der Waals surface area contributed by atoms with Gasteiger partial charge in [0.15, 0.2) is 0 Å². The van der Waals surface area contributed by atoms with Crippen molar-refractivity contribution in [3.05, 3.63) is 107 Å². The lowest BCUT2D eigenvalue weighted by molar-refractivity contribution is -0.133. The first kappa shape index (κ1) is 23.5. The molecule has 3 N–H and O–H groups in total. The minimum atomic E-state index is -1.07.